The number of thioether (sulfide) groups is 1. The Morgan fingerprint density at radius 1 is 0.969 bits per heavy atom. The van der Waals surface area contributed by atoms with Gasteiger partial charge in [-0.05, 0) is 43.1 Å². The molecule has 8 nitrogen and oxygen atoms in total. The van der Waals surface area contributed by atoms with Crippen LogP contribution in [0.1, 0.15) is 11.7 Å². The van der Waals surface area contributed by atoms with Crippen LogP contribution in [0.3, 0.4) is 0 Å². The Balaban J connectivity index is 1.39. The second-order valence-corrected chi connectivity index (χ2v) is 9.43. The molecule has 3 aliphatic rings. The molecule has 1 aromatic heterocycles. The fourth-order valence-electron chi connectivity index (χ4n) is 4.73. The second kappa shape index (κ2) is 8.08. The minimum Gasteiger partial charge on any atom is -0.331 e. The van der Waals surface area contributed by atoms with Crippen LogP contribution in [0.25, 0.3) is 11.0 Å². The topological polar surface area (TPSA) is 55.2 Å². The van der Waals surface area contributed by atoms with Gasteiger partial charge in [0.15, 0.2) is 0 Å². The van der Waals surface area contributed by atoms with Crippen LogP contribution >= 0.6 is 11.8 Å². The Bertz CT molecular complexity index is 1150. The third-order valence-electron chi connectivity index (χ3n) is 6.60. The molecule has 0 unspecified atom stereocenters. The summed E-state index contributed by atoms with van der Waals surface area (Å²) in [6.45, 7) is 5.64. The molecule has 32 heavy (non-hydrogen) atoms. The zero-order valence-electron chi connectivity index (χ0n) is 18.5. The van der Waals surface area contributed by atoms with Crippen LogP contribution in [-0.2, 0) is 0 Å². The van der Waals surface area contributed by atoms with E-state index in [4.69, 9.17) is 9.98 Å². The van der Waals surface area contributed by atoms with Crippen molar-refractivity contribution >= 4 is 34.7 Å². The molecule has 0 spiro atoms. The summed E-state index contributed by atoms with van der Waals surface area (Å²) in [4.78, 5) is 15.9. The first-order valence-electron chi connectivity index (χ1n) is 11.1. The first-order chi connectivity index (χ1) is 15.7. The summed E-state index contributed by atoms with van der Waals surface area (Å²) in [5, 5.41) is 8.49. The van der Waals surface area contributed by atoms with Crippen molar-refractivity contribution in [2.24, 2.45) is 4.99 Å². The number of likely N-dealkylation sites (N-methyl/N-ethyl adjacent to an activating group) is 1. The van der Waals surface area contributed by atoms with Crippen molar-refractivity contribution in [1.82, 2.24) is 29.8 Å². The zero-order valence-corrected chi connectivity index (χ0v) is 19.3. The fraction of sp³-hybridized carbons (Fsp3) is 0.391. The largest absolute Gasteiger partial charge is 0.331 e. The molecule has 9 heteroatoms. The Morgan fingerprint density at radius 2 is 1.75 bits per heavy atom. The van der Waals surface area contributed by atoms with Gasteiger partial charge >= 0.3 is 0 Å². The van der Waals surface area contributed by atoms with E-state index in [-0.39, 0.29) is 6.17 Å². The molecule has 2 aromatic carbocycles. The minimum atomic E-state index is -0.0431. The van der Waals surface area contributed by atoms with Crippen LogP contribution in [0, 0.1) is 0 Å². The van der Waals surface area contributed by atoms with Crippen LogP contribution < -0.4 is 10.2 Å². The number of anilines is 1. The normalized spacial score (nSPS) is 22.4. The van der Waals surface area contributed by atoms with E-state index in [0.717, 1.165) is 55.8 Å². The number of fused-ring (bicyclic) bond motifs is 5. The summed E-state index contributed by atoms with van der Waals surface area (Å²) in [5.41, 5.74) is 3.34. The maximum absolute atomic E-state index is 5.05. The van der Waals surface area contributed by atoms with Crippen LogP contribution in [0.2, 0.25) is 0 Å². The summed E-state index contributed by atoms with van der Waals surface area (Å²) in [7, 11) is 2.19. The summed E-state index contributed by atoms with van der Waals surface area (Å²) >= 11 is 1.76. The van der Waals surface area contributed by atoms with Gasteiger partial charge < -0.3 is 10.2 Å². The van der Waals surface area contributed by atoms with E-state index in [1.807, 2.05) is 0 Å². The summed E-state index contributed by atoms with van der Waals surface area (Å²) in [5.74, 6) is 1.85. The number of nitrogens with one attached hydrogen (secondary N) is 1. The molecule has 166 valence electrons. The standard InChI is InChI=1S/C23H28N8S/c1-27-11-13-28(14-12-27)29-15-24-22-26-21(17-7-9-18(32-2)10-8-17)31-20-6-4-3-5-19(20)25-23(31)30(22)16-29/h3-10,21H,11-16H2,1-2H3,(H,24,26)/t21-/m0/s1. The molecule has 0 radical (unpaired) electrons. The lowest BCUT2D eigenvalue weighted by molar-refractivity contribution is -0.0528. The number of aromatic nitrogens is 2. The van der Waals surface area contributed by atoms with Gasteiger partial charge in [-0.15, -0.1) is 11.8 Å². The lowest BCUT2D eigenvalue weighted by atomic mass is 10.1. The molecular weight excluding hydrogens is 420 g/mol. The average molecular weight is 449 g/mol. The smallest absolute Gasteiger partial charge is 0.216 e. The number of piperazine rings is 1. The number of hydrazine groups is 1. The van der Waals surface area contributed by atoms with E-state index in [1.54, 1.807) is 11.8 Å². The molecule has 1 N–H and O–H groups in total. The summed E-state index contributed by atoms with van der Waals surface area (Å²) < 4.78 is 2.32. The maximum atomic E-state index is 5.05. The quantitative estimate of drug-likeness (QED) is 0.618. The molecule has 3 aromatic rings. The van der Waals surface area contributed by atoms with Gasteiger partial charge in [0.25, 0.3) is 0 Å². The highest BCUT2D eigenvalue weighted by Gasteiger charge is 2.37. The van der Waals surface area contributed by atoms with E-state index in [1.165, 1.54) is 10.5 Å². The molecule has 4 heterocycles. The van der Waals surface area contributed by atoms with Gasteiger partial charge in [0.2, 0.25) is 11.9 Å². The molecule has 0 amide bonds. The number of benzene rings is 2. The van der Waals surface area contributed by atoms with Gasteiger partial charge in [0, 0.05) is 31.1 Å². The maximum Gasteiger partial charge on any atom is 0.216 e. The number of para-hydroxylation sites is 2. The van der Waals surface area contributed by atoms with Gasteiger partial charge in [0.05, 0.1) is 17.7 Å². The zero-order chi connectivity index (χ0) is 21.7. The van der Waals surface area contributed by atoms with Crippen molar-refractivity contribution in [3.63, 3.8) is 0 Å². The average Bonchev–Trinajstić information content (AvgIpc) is 3.24. The molecule has 1 atom stereocenters. The summed E-state index contributed by atoms with van der Waals surface area (Å²) in [6.07, 6.45) is 2.06. The lowest BCUT2D eigenvalue weighted by Crippen LogP contribution is -2.62. The first kappa shape index (κ1) is 20.0. The van der Waals surface area contributed by atoms with Crippen molar-refractivity contribution in [3.05, 3.63) is 54.1 Å². The van der Waals surface area contributed by atoms with Gasteiger partial charge in [-0.3, -0.25) is 9.47 Å². The van der Waals surface area contributed by atoms with Crippen LogP contribution in [0.4, 0.5) is 5.95 Å². The number of hydrogen-bond donors (Lipinski definition) is 1. The molecule has 0 bridgehead atoms. The van der Waals surface area contributed by atoms with Crippen LogP contribution in [-0.4, -0.2) is 83.2 Å². The lowest BCUT2D eigenvalue weighted by Gasteiger charge is -2.46. The number of aliphatic imine (C=N–C) groups is 1. The molecule has 1 saturated heterocycles. The summed E-state index contributed by atoms with van der Waals surface area (Å²) in [6, 6.07) is 17.2. The van der Waals surface area contributed by atoms with Gasteiger partial charge in [-0.25, -0.2) is 20.0 Å². The molecule has 6 rings (SSSR count). The molecule has 3 aliphatic heterocycles. The van der Waals surface area contributed by atoms with E-state index in [9.17, 15) is 0 Å². The van der Waals surface area contributed by atoms with Crippen molar-refractivity contribution in [2.75, 3.05) is 57.7 Å². The van der Waals surface area contributed by atoms with Crippen molar-refractivity contribution in [1.29, 1.82) is 0 Å². The highest BCUT2D eigenvalue weighted by Crippen LogP contribution is 2.34. The number of hydrogen-bond acceptors (Lipinski definition) is 8. The fourth-order valence-corrected chi connectivity index (χ4v) is 5.14. The van der Waals surface area contributed by atoms with Crippen molar-refractivity contribution in [3.8, 4) is 0 Å². The predicted octanol–water partition coefficient (Wildman–Crippen LogP) is 2.46. The number of nitrogens with zero attached hydrogens (tertiary/aromatic N) is 7. The SMILES string of the molecule is CSc1ccc([C@H]2NC3=NCN(N4CCN(C)CC4)CN3c3nc4ccccc4n32)cc1. The van der Waals surface area contributed by atoms with Gasteiger partial charge in [-0.2, -0.15) is 0 Å². The highest BCUT2D eigenvalue weighted by atomic mass is 32.2. The van der Waals surface area contributed by atoms with Crippen LogP contribution in [0.5, 0.6) is 0 Å². The van der Waals surface area contributed by atoms with Gasteiger partial charge in [-0.1, -0.05) is 24.3 Å². The molecule has 0 saturated carbocycles. The van der Waals surface area contributed by atoms with E-state index in [0.29, 0.717) is 6.67 Å². The number of guanidine groups is 1. The van der Waals surface area contributed by atoms with E-state index >= 15 is 0 Å². The molecular formula is C23H28N8S. The Labute approximate surface area is 192 Å². The van der Waals surface area contributed by atoms with E-state index < -0.39 is 0 Å². The van der Waals surface area contributed by atoms with Crippen LogP contribution in [0.15, 0.2) is 58.4 Å². The third-order valence-corrected chi connectivity index (χ3v) is 7.34. The Hall–Kier alpha value is -2.59. The molecule has 0 aliphatic carbocycles. The van der Waals surface area contributed by atoms with E-state index in [2.05, 4.69) is 91.5 Å². The monoisotopic (exact) mass is 448 g/mol. The first-order valence-corrected chi connectivity index (χ1v) is 12.3. The van der Waals surface area contributed by atoms with Crippen molar-refractivity contribution in [2.45, 2.75) is 11.1 Å². The Morgan fingerprint density at radius 3 is 2.53 bits per heavy atom. The van der Waals surface area contributed by atoms with Gasteiger partial charge in [0.1, 0.15) is 12.8 Å². The Kier molecular flexibility index (Phi) is 5.06. The predicted molar refractivity (Wildman–Crippen MR) is 130 cm³/mol. The third kappa shape index (κ3) is 3.36. The minimum absolute atomic E-state index is 0.0431. The second-order valence-electron chi connectivity index (χ2n) is 8.55. The van der Waals surface area contributed by atoms with Crippen molar-refractivity contribution < 1.29 is 0 Å². The highest BCUT2D eigenvalue weighted by molar-refractivity contribution is 7.98. The number of imidazole rings is 1. The molecule has 1 fully saturated rings. The number of rotatable bonds is 3.